The first-order valence-corrected chi connectivity index (χ1v) is 8.59. The number of rotatable bonds is 6. The quantitative estimate of drug-likeness (QED) is 0.802. The summed E-state index contributed by atoms with van der Waals surface area (Å²) in [6, 6.07) is 8.97. The van der Waals surface area contributed by atoms with Crippen LogP contribution in [0.15, 0.2) is 41.3 Å². The van der Waals surface area contributed by atoms with Gasteiger partial charge in [0.05, 0.1) is 26.9 Å². The highest BCUT2D eigenvalue weighted by Gasteiger charge is 2.19. The summed E-state index contributed by atoms with van der Waals surface area (Å²) in [5, 5.41) is 7.77. The fraction of sp³-hybridized carbons (Fsp3) is 0.188. The summed E-state index contributed by atoms with van der Waals surface area (Å²) in [7, 11) is 0.187. The molecule has 0 aromatic heterocycles. The van der Waals surface area contributed by atoms with Gasteiger partial charge in [0.15, 0.2) is 11.5 Å². The molecule has 3 N–H and O–H groups in total. The van der Waals surface area contributed by atoms with Crippen LogP contribution in [0.4, 0.5) is 5.69 Å². The predicted molar refractivity (Wildman–Crippen MR) is 91.9 cm³/mol. The van der Waals surface area contributed by atoms with E-state index in [2.05, 4.69) is 5.32 Å². The van der Waals surface area contributed by atoms with E-state index >= 15 is 0 Å². The Morgan fingerprint density at radius 1 is 1.00 bits per heavy atom. The fourth-order valence-corrected chi connectivity index (χ4v) is 2.96. The number of hydrogen-bond acceptors (Lipinski definition) is 6. The second-order valence-corrected chi connectivity index (χ2v) is 6.44. The van der Waals surface area contributed by atoms with Gasteiger partial charge in [-0.25, -0.2) is 13.6 Å². The van der Waals surface area contributed by atoms with Crippen LogP contribution in [0.2, 0.25) is 0 Å². The van der Waals surface area contributed by atoms with Crippen molar-refractivity contribution in [3.8, 4) is 17.2 Å². The van der Waals surface area contributed by atoms with Crippen molar-refractivity contribution in [2.24, 2.45) is 5.14 Å². The fourth-order valence-electron chi connectivity index (χ4n) is 2.24. The second-order valence-electron chi connectivity index (χ2n) is 4.91. The number of carbonyl (C=O) groups excluding carboxylic acids is 1. The molecule has 0 bridgehead atoms. The van der Waals surface area contributed by atoms with E-state index in [0.717, 1.165) is 0 Å². The number of para-hydroxylation sites is 1. The number of sulfonamides is 1. The number of nitrogens with one attached hydrogen (secondary N) is 1. The molecule has 0 atom stereocenters. The number of anilines is 1. The van der Waals surface area contributed by atoms with Crippen molar-refractivity contribution < 1.29 is 27.4 Å². The molecule has 8 nitrogen and oxygen atoms in total. The lowest BCUT2D eigenvalue weighted by Crippen LogP contribution is -2.16. The molecule has 0 unspecified atom stereocenters. The van der Waals surface area contributed by atoms with E-state index in [1.807, 2.05) is 0 Å². The van der Waals surface area contributed by atoms with Crippen LogP contribution < -0.4 is 24.7 Å². The first-order valence-electron chi connectivity index (χ1n) is 7.05. The number of ether oxygens (including phenoxy) is 3. The summed E-state index contributed by atoms with van der Waals surface area (Å²) in [6.45, 7) is 0. The minimum absolute atomic E-state index is 0.0828. The molecule has 0 aliphatic heterocycles. The van der Waals surface area contributed by atoms with Crippen molar-refractivity contribution in [1.82, 2.24) is 0 Å². The van der Waals surface area contributed by atoms with E-state index in [0.29, 0.717) is 5.75 Å². The minimum atomic E-state index is -4.01. The van der Waals surface area contributed by atoms with Crippen molar-refractivity contribution in [2.75, 3.05) is 26.6 Å². The summed E-state index contributed by atoms with van der Waals surface area (Å²) < 4.78 is 38.7. The molecule has 0 aliphatic rings. The summed E-state index contributed by atoms with van der Waals surface area (Å²) >= 11 is 0. The lowest BCUT2D eigenvalue weighted by molar-refractivity contribution is 0.102. The molecule has 0 heterocycles. The highest BCUT2D eigenvalue weighted by atomic mass is 32.2. The second kappa shape index (κ2) is 7.41. The Labute approximate surface area is 145 Å². The molecule has 9 heteroatoms. The van der Waals surface area contributed by atoms with Crippen LogP contribution in [0.25, 0.3) is 0 Å². The third kappa shape index (κ3) is 4.01. The topological polar surface area (TPSA) is 117 Å². The summed E-state index contributed by atoms with van der Waals surface area (Å²) in [5.74, 6) is 0.249. The number of nitrogens with two attached hydrogens (primary N) is 1. The number of methoxy groups -OCH3 is 3. The molecule has 0 spiro atoms. The largest absolute Gasteiger partial charge is 0.495 e. The SMILES string of the molecule is COc1ccc(NC(=O)c2cccc(OC)c2OC)cc1S(N)(=O)=O. The third-order valence-corrected chi connectivity index (χ3v) is 4.31. The molecule has 2 rings (SSSR count). The molecule has 25 heavy (non-hydrogen) atoms. The van der Waals surface area contributed by atoms with Crippen molar-refractivity contribution in [1.29, 1.82) is 0 Å². The van der Waals surface area contributed by atoms with Gasteiger partial charge in [0.25, 0.3) is 5.91 Å². The Morgan fingerprint density at radius 2 is 1.68 bits per heavy atom. The highest BCUT2D eigenvalue weighted by molar-refractivity contribution is 7.89. The van der Waals surface area contributed by atoms with E-state index < -0.39 is 15.9 Å². The van der Waals surface area contributed by atoms with E-state index in [9.17, 15) is 13.2 Å². The average molecular weight is 366 g/mol. The maximum absolute atomic E-state index is 12.5. The monoisotopic (exact) mass is 366 g/mol. The van der Waals surface area contributed by atoms with Crippen LogP contribution >= 0.6 is 0 Å². The van der Waals surface area contributed by atoms with Crippen LogP contribution in [0, 0.1) is 0 Å². The zero-order valence-corrected chi connectivity index (χ0v) is 14.7. The molecule has 134 valence electrons. The standard InChI is InChI=1S/C16H18N2O6S/c1-22-12-8-7-10(9-14(12)25(17,20)21)18-16(19)11-5-4-6-13(23-2)15(11)24-3/h4-9H,1-3H3,(H,18,19)(H2,17,20,21). The lowest BCUT2D eigenvalue weighted by Gasteiger charge is -2.13. The van der Waals surface area contributed by atoms with Gasteiger partial charge in [0.1, 0.15) is 10.6 Å². The van der Waals surface area contributed by atoms with Crippen LogP contribution in [0.5, 0.6) is 17.2 Å². The van der Waals surface area contributed by atoms with Crippen molar-refractivity contribution in [3.05, 3.63) is 42.0 Å². The van der Waals surface area contributed by atoms with Gasteiger partial charge in [-0.2, -0.15) is 0 Å². The van der Waals surface area contributed by atoms with Crippen molar-refractivity contribution >= 4 is 21.6 Å². The van der Waals surface area contributed by atoms with Gasteiger partial charge in [-0.05, 0) is 30.3 Å². The molecule has 0 aliphatic carbocycles. The van der Waals surface area contributed by atoms with Gasteiger partial charge in [-0.3, -0.25) is 4.79 Å². The molecule has 1 amide bonds. The number of primary sulfonamides is 1. The van der Waals surface area contributed by atoms with Crippen molar-refractivity contribution in [2.45, 2.75) is 4.90 Å². The van der Waals surface area contributed by atoms with E-state index in [1.165, 1.54) is 39.5 Å². The molecule has 0 fully saturated rings. The number of benzene rings is 2. The Balaban J connectivity index is 2.39. The molecule has 0 saturated heterocycles. The van der Waals surface area contributed by atoms with Gasteiger partial charge in [-0.15, -0.1) is 0 Å². The van der Waals surface area contributed by atoms with Crippen molar-refractivity contribution in [3.63, 3.8) is 0 Å². The molecule has 2 aromatic rings. The number of hydrogen-bond donors (Lipinski definition) is 2. The van der Waals surface area contributed by atoms with Gasteiger partial charge in [0.2, 0.25) is 10.0 Å². The zero-order chi connectivity index (χ0) is 18.6. The number of carbonyl (C=O) groups is 1. The summed E-state index contributed by atoms with van der Waals surface area (Å²) in [6.07, 6.45) is 0. The smallest absolute Gasteiger partial charge is 0.259 e. The zero-order valence-electron chi connectivity index (χ0n) is 13.9. The first-order chi connectivity index (χ1) is 11.8. The van der Waals surface area contributed by atoms with E-state index in [1.54, 1.807) is 18.2 Å². The highest BCUT2D eigenvalue weighted by Crippen LogP contribution is 2.32. The molecule has 0 radical (unpaired) electrons. The van der Waals surface area contributed by atoms with E-state index in [4.69, 9.17) is 19.3 Å². The first kappa shape index (κ1) is 18.6. The Hall–Kier alpha value is -2.78. The van der Waals surface area contributed by atoms with Crippen LogP contribution in [-0.4, -0.2) is 35.7 Å². The summed E-state index contributed by atoms with van der Waals surface area (Å²) in [5.41, 5.74) is 0.467. The van der Waals surface area contributed by atoms with Crippen LogP contribution in [0.3, 0.4) is 0 Å². The van der Waals surface area contributed by atoms with Crippen LogP contribution in [-0.2, 0) is 10.0 Å². The van der Waals surface area contributed by atoms with Gasteiger partial charge in [0, 0.05) is 5.69 Å². The van der Waals surface area contributed by atoms with E-state index in [-0.39, 0.29) is 27.6 Å². The molecule has 0 saturated carbocycles. The minimum Gasteiger partial charge on any atom is -0.495 e. The summed E-state index contributed by atoms with van der Waals surface area (Å²) in [4.78, 5) is 12.3. The maximum atomic E-state index is 12.5. The van der Waals surface area contributed by atoms with Gasteiger partial charge >= 0.3 is 0 Å². The predicted octanol–water partition coefficient (Wildman–Crippen LogP) is 1.61. The number of amides is 1. The molecular formula is C16H18N2O6S. The lowest BCUT2D eigenvalue weighted by atomic mass is 10.1. The average Bonchev–Trinajstić information content (AvgIpc) is 2.59. The van der Waals surface area contributed by atoms with Gasteiger partial charge in [-0.1, -0.05) is 6.07 Å². The van der Waals surface area contributed by atoms with Gasteiger partial charge < -0.3 is 19.5 Å². The van der Waals surface area contributed by atoms with Crippen LogP contribution in [0.1, 0.15) is 10.4 Å². The maximum Gasteiger partial charge on any atom is 0.259 e. The normalized spacial score (nSPS) is 10.9. The Bertz CT molecular complexity index is 895. The Kier molecular flexibility index (Phi) is 5.50. The molecule has 2 aromatic carbocycles. The molecular weight excluding hydrogens is 348 g/mol. The third-order valence-electron chi connectivity index (χ3n) is 3.38. The Morgan fingerprint density at radius 3 is 2.24 bits per heavy atom.